The van der Waals surface area contributed by atoms with E-state index in [4.69, 9.17) is 14.2 Å². The standard InChI is InChI=1S/C17H18N2O6/c1-11-8-15(23-2)16(24-3)9-12(11)18-17(20)10-25-14-7-5-4-6-13(14)19(21)22/h4-9H,10H2,1-3H3,(H,18,20). The van der Waals surface area contributed by atoms with Gasteiger partial charge in [0.05, 0.1) is 19.1 Å². The molecule has 0 unspecified atom stereocenters. The van der Waals surface area contributed by atoms with Gasteiger partial charge in [0.25, 0.3) is 5.91 Å². The number of hydrogen-bond acceptors (Lipinski definition) is 6. The first-order valence-corrected chi connectivity index (χ1v) is 7.35. The lowest BCUT2D eigenvalue weighted by atomic mass is 10.1. The van der Waals surface area contributed by atoms with E-state index in [1.54, 1.807) is 25.1 Å². The van der Waals surface area contributed by atoms with E-state index >= 15 is 0 Å². The minimum Gasteiger partial charge on any atom is -0.493 e. The fourth-order valence-electron chi connectivity index (χ4n) is 2.17. The van der Waals surface area contributed by atoms with Gasteiger partial charge in [0, 0.05) is 17.8 Å². The molecule has 2 aromatic carbocycles. The minimum atomic E-state index is -0.564. The van der Waals surface area contributed by atoms with E-state index in [1.807, 2.05) is 0 Å². The van der Waals surface area contributed by atoms with E-state index in [1.165, 1.54) is 32.4 Å². The molecule has 0 saturated heterocycles. The molecule has 2 aromatic rings. The number of nitrogens with zero attached hydrogens (tertiary/aromatic N) is 1. The van der Waals surface area contributed by atoms with Crippen LogP contribution in [0.4, 0.5) is 11.4 Å². The largest absolute Gasteiger partial charge is 0.493 e. The zero-order chi connectivity index (χ0) is 18.4. The Kier molecular flexibility index (Phi) is 5.78. The Balaban J connectivity index is 2.07. The summed E-state index contributed by atoms with van der Waals surface area (Å²) in [4.78, 5) is 22.5. The number of amides is 1. The number of nitro benzene ring substituents is 1. The number of carbonyl (C=O) groups is 1. The Hall–Kier alpha value is -3.29. The van der Waals surface area contributed by atoms with E-state index in [2.05, 4.69) is 5.32 Å². The van der Waals surface area contributed by atoms with Crippen molar-refractivity contribution < 1.29 is 23.9 Å². The Morgan fingerprint density at radius 2 is 1.76 bits per heavy atom. The SMILES string of the molecule is COc1cc(C)c(NC(=O)COc2ccccc2[N+](=O)[O-])cc1OC. The predicted molar refractivity (Wildman–Crippen MR) is 91.5 cm³/mol. The van der Waals surface area contributed by atoms with Crippen LogP contribution in [-0.2, 0) is 4.79 Å². The van der Waals surface area contributed by atoms with Gasteiger partial charge < -0.3 is 19.5 Å². The van der Waals surface area contributed by atoms with E-state index in [9.17, 15) is 14.9 Å². The molecule has 0 aromatic heterocycles. The fraction of sp³-hybridized carbons (Fsp3) is 0.235. The van der Waals surface area contributed by atoms with Crippen LogP contribution >= 0.6 is 0 Å². The monoisotopic (exact) mass is 346 g/mol. The Bertz CT molecular complexity index is 791. The zero-order valence-electron chi connectivity index (χ0n) is 14.1. The van der Waals surface area contributed by atoms with Gasteiger partial charge in [0.1, 0.15) is 0 Å². The molecule has 25 heavy (non-hydrogen) atoms. The van der Waals surface area contributed by atoms with Crippen molar-refractivity contribution in [1.29, 1.82) is 0 Å². The highest BCUT2D eigenvalue weighted by molar-refractivity contribution is 5.93. The van der Waals surface area contributed by atoms with Gasteiger partial charge in [0.15, 0.2) is 23.9 Å². The summed E-state index contributed by atoms with van der Waals surface area (Å²) in [6.07, 6.45) is 0. The maximum absolute atomic E-state index is 12.1. The summed E-state index contributed by atoms with van der Waals surface area (Å²) in [6, 6.07) is 9.24. The van der Waals surface area contributed by atoms with Crippen molar-refractivity contribution in [2.24, 2.45) is 0 Å². The lowest BCUT2D eigenvalue weighted by Gasteiger charge is -2.14. The van der Waals surface area contributed by atoms with E-state index in [0.717, 1.165) is 5.56 Å². The maximum Gasteiger partial charge on any atom is 0.310 e. The number of aryl methyl sites for hydroxylation is 1. The molecule has 0 radical (unpaired) electrons. The van der Waals surface area contributed by atoms with Crippen LogP contribution in [0.2, 0.25) is 0 Å². The summed E-state index contributed by atoms with van der Waals surface area (Å²) in [5.74, 6) is 0.609. The number of carbonyl (C=O) groups excluding carboxylic acids is 1. The first-order chi connectivity index (χ1) is 12.0. The van der Waals surface area contributed by atoms with Gasteiger partial charge in [-0.3, -0.25) is 14.9 Å². The first-order valence-electron chi connectivity index (χ1n) is 7.35. The molecule has 0 heterocycles. The summed E-state index contributed by atoms with van der Waals surface area (Å²) < 4.78 is 15.7. The van der Waals surface area contributed by atoms with Crippen molar-refractivity contribution in [3.63, 3.8) is 0 Å². The smallest absolute Gasteiger partial charge is 0.310 e. The van der Waals surface area contributed by atoms with Gasteiger partial charge in [-0.25, -0.2) is 0 Å². The third-order valence-corrected chi connectivity index (χ3v) is 3.43. The highest BCUT2D eigenvalue weighted by Gasteiger charge is 2.16. The molecule has 0 aliphatic carbocycles. The fourth-order valence-corrected chi connectivity index (χ4v) is 2.17. The molecular formula is C17H18N2O6. The van der Waals surface area contributed by atoms with E-state index < -0.39 is 10.8 Å². The predicted octanol–water partition coefficient (Wildman–Crippen LogP) is 2.94. The van der Waals surface area contributed by atoms with Crippen molar-refractivity contribution >= 4 is 17.3 Å². The molecule has 0 aliphatic heterocycles. The summed E-state index contributed by atoms with van der Waals surface area (Å²) in [5, 5.41) is 13.6. The number of rotatable bonds is 7. The summed E-state index contributed by atoms with van der Waals surface area (Å²) >= 11 is 0. The second-order valence-electron chi connectivity index (χ2n) is 5.08. The summed E-state index contributed by atoms with van der Waals surface area (Å²) in [7, 11) is 3.02. The second kappa shape index (κ2) is 8.00. The van der Waals surface area contributed by atoms with Gasteiger partial charge in [-0.05, 0) is 24.6 Å². The molecule has 1 amide bonds. The molecule has 0 saturated carbocycles. The van der Waals surface area contributed by atoms with Crippen LogP contribution in [0.3, 0.4) is 0 Å². The highest BCUT2D eigenvalue weighted by Crippen LogP contribution is 2.33. The number of nitro groups is 1. The topological polar surface area (TPSA) is 99.9 Å². The third kappa shape index (κ3) is 4.37. The van der Waals surface area contributed by atoms with Gasteiger partial charge in [0.2, 0.25) is 0 Å². The average molecular weight is 346 g/mol. The molecule has 0 fully saturated rings. The van der Waals surface area contributed by atoms with Crippen LogP contribution in [0.15, 0.2) is 36.4 Å². The molecule has 0 atom stereocenters. The van der Waals surface area contributed by atoms with Gasteiger partial charge in [-0.15, -0.1) is 0 Å². The number of anilines is 1. The van der Waals surface area contributed by atoms with Crippen molar-refractivity contribution in [2.75, 3.05) is 26.1 Å². The molecule has 0 bridgehead atoms. The quantitative estimate of drug-likeness (QED) is 0.611. The van der Waals surface area contributed by atoms with Crippen molar-refractivity contribution in [1.82, 2.24) is 0 Å². The van der Waals surface area contributed by atoms with Crippen LogP contribution in [0, 0.1) is 17.0 Å². The molecule has 0 aliphatic rings. The minimum absolute atomic E-state index is 0.0340. The Labute approximate surface area is 144 Å². The van der Waals surface area contributed by atoms with Gasteiger partial charge in [-0.2, -0.15) is 0 Å². The number of nitrogens with one attached hydrogen (secondary N) is 1. The van der Waals surface area contributed by atoms with Crippen LogP contribution < -0.4 is 19.5 Å². The lowest BCUT2D eigenvalue weighted by Crippen LogP contribution is -2.21. The summed E-state index contributed by atoms with van der Waals surface area (Å²) in [5.41, 5.74) is 1.11. The van der Waals surface area contributed by atoms with Crippen molar-refractivity contribution in [3.8, 4) is 17.2 Å². The number of methoxy groups -OCH3 is 2. The molecule has 132 valence electrons. The van der Waals surface area contributed by atoms with Crippen LogP contribution in [0.25, 0.3) is 0 Å². The van der Waals surface area contributed by atoms with Gasteiger partial charge >= 0.3 is 5.69 Å². The Morgan fingerprint density at radius 1 is 1.12 bits per heavy atom. The normalized spacial score (nSPS) is 10.0. The first kappa shape index (κ1) is 18.1. The average Bonchev–Trinajstić information content (AvgIpc) is 2.61. The highest BCUT2D eigenvalue weighted by atomic mass is 16.6. The maximum atomic E-state index is 12.1. The van der Waals surface area contributed by atoms with Crippen LogP contribution in [-0.4, -0.2) is 31.7 Å². The number of benzene rings is 2. The molecule has 8 nitrogen and oxygen atoms in total. The molecule has 2 rings (SSSR count). The van der Waals surface area contributed by atoms with Crippen molar-refractivity contribution in [2.45, 2.75) is 6.92 Å². The molecule has 8 heteroatoms. The number of hydrogen-bond donors (Lipinski definition) is 1. The third-order valence-electron chi connectivity index (χ3n) is 3.43. The molecular weight excluding hydrogens is 328 g/mol. The van der Waals surface area contributed by atoms with E-state index in [0.29, 0.717) is 17.2 Å². The molecule has 0 spiro atoms. The summed E-state index contributed by atoms with van der Waals surface area (Å²) in [6.45, 7) is 1.44. The zero-order valence-corrected chi connectivity index (χ0v) is 14.1. The van der Waals surface area contributed by atoms with E-state index in [-0.39, 0.29) is 18.0 Å². The Morgan fingerprint density at radius 3 is 2.40 bits per heavy atom. The lowest BCUT2D eigenvalue weighted by molar-refractivity contribution is -0.385. The number of para-hydroxylation sites is 2. The second-order valence-corrected chi connectivity index (χ2v) is 5.08. The number of ether oxygens (including phenoxy) is 3. The van der Waals surface area contributed by atoms with Crippen LogP contribution in [0.1, 0.15) is 5.56 Å². The van der Waals surface area contributed by atoms with Gasteiger partial charge in [-0.1, -0.05) is 12.1 Å². The van der Waals surface area contributed by atoms with Crippen LogP contribution in [0.5, 0.6) is 17.2 Å². The molecule has 1 N–H and O–H groups in total. The van der Waals surface area contributed by atoms with Crippen molar-refractivity contribution in [3.05, 3.63) is 52.1 Å².